The highest BCUT2D eigenvalue weighted by Gasteiger charge is 2.14. The number of anilines is 2. The second kappa shape index (κ2) is 12.7. The summed E-state index contributed by atoms with van der Waals surface area (Å²) in [7, 11) is -4.67. The van der Waals surface area contributed by atoms with Crippen LogP contribution in [0.4, 0.5) is 11.4 Å². The van der Waals surface area contributed by atoms with Gasteiger partial charge in [0.15, 0.2) is 0 Å². The van der Waals surface area contributed by atoms with E-state index in [1.165, 1.54) is 0 Å². The highest BCUT2D eigenvalue weighted by atomic mass is 32.3. The molecular weight excluding hydrogens is 444 g/mol. The van der Waals surface area contributed by atoms with Crippen LogP contribution in [0.5, 0.6) is 11.5 Å². The van der Waals surface area contributed by atoms with Gasteiger partial charge in [0.25, 0.3) is 0 Å². The lowest BCUT2D eigenvalue weighted by Crippen LogP contribution is -1.98. The third-order valence-electron chi connectivity index (χ3n) is 4.87. The molecule has 0 atom stereocenters. The maximum atomic E-state index is 10.00. The van der Waals surface area contributed by atoms with Crippen molar-refractivity contribution in [3.63, 3.8) is 0 Å². The van der Waals surface area contributed by atoms with Crippen LogP contribution in [0.15, 0.2) is 24.3 Å². The molecule has 0 unspecified atom stereocenters. The van der Waals surface area contributed by atoms with Gasteiger partial charge in [-0.05, 0) is 70.2 Å². The average molecular weight is 485 g/mol. The number of phenolic OH excluding ortho intramolecular Hbond substituents is 2. The molecule has 8 nitrogen and oxygen atoms in total. The van der Waals surface area contributed by atoms with Crippen molar-refractivity contribution in [3.8, 4) is 11.5 Å². The predicted molar refractivity (Wildman–Crippen MR) is 136 cm³/mol. The van der Waals surface area contributed by atoms with Crippen molar-refractivity contribution in [1.82, 2.24) is 0 Å². The van der Waals surface area contributed by atoms with Gasteiger partial charge in [-0.1, -0.05) is 55.4 Å². The molecule has 0 aliphatic carbocycles. The first-order chi connectivity index (χ1) is 14.9. The Morgan fingerprint density at radius 1 is 0.576 bits per heavy atom. The molecule has 0 saturated heterocycles. The topological polar surface area (TPSA) is 167 Å². The molecule has 33 heavy (non-hydrogen) atoms. The number of nitrogen functional groups attached to an aromatic ring is 2. The zero-order valence-electron chi connectivity index (χ0n) is 20.8. The minimum absolute atomic E-state index is 0.302. The van der Waals surface area contributed by atoms with Crippen LogP contribution in [-0.4, -0.2) is 27.7 Å². The van der Waals surface area contributed by atoms with Crippen molar-refractivity contribution in [1.29, 1.82) is 0 Å². The summed E-state index contributed by atoms with van der Waals surface area (Å²) in [6, 6.07) is 7.41. The van der Waals surface area contributed by atoms with Crippen molar-refractivity contribution < 1.29 is 27.7 Å². The Balaban J connectivity index is 0.000000517. The number of hydrogen-bond donors (Lipinski definition) is 6. The van der Waals surface area contributed by atoms with E-state index in [1.54, 1.807) is 0 Å². The van der Waals surface area contributed by atoms with Crippen LogP contribution in [0.2, 0.25) is 0 Å². The van der Waals surface area contributed by atoms with Crippen molar-refractivity contribution in [2.24, 2.45) is 0 Å². The maximum Gasteiger partial charge on any atom is 0.394 e. The molecule has 0 amide bonds. The van der Waals surface area contributed by atoms with Gasteiger partial charge in [-0.2, -0.15) is 8.42 Å². The van der Waals surface area contributed by atoms with E-state index < -0.39 is 10.4 Å². The molecule has 0 aromatic heterocycles. The standard InChI is InChI=1S/2C12H19NO.H2O4S/c2*1-7(2)10-5-9(13)6-11(8(3)4)12(10)14;1-5(2,3)4/h2*5-8,14H,13H2,1-4H3;(H2,1,2,3,4). The van der Waals surface area contributed by atoms with E-state index in [1.807, 2.05) is 24.3 Å². The molecule has 2 rings (SSSR count). The Labute approximate surface area is 198 Å². The molecule has 0 fully saturated rings. The average Bonchev–Trinajstić information content (AvgIpc) is 2.63. The number of benzene rings is 2. The fourth-order valence-corrected chi connectivity index (χ4v) is 3.17. The zero-order valence-corrected chi connectivity index (χ0v) is 21.6. The fraction of sp³-hybridized carbons (Fsp3) is 0.500. The normalized spacial score (nSPS) is 11.3. The van der Waals surface area contributed by atoms with Crippen LogP contribution in [-0.2, 0) is 10.4 Å². The minimum Gasteiger partial charge on any atom is -0.507 e. The second-order valence-electron chi connectivity index (χ2n) is 9.16. The zero-order chi connectivity index (χ0) is 26.3. The van der Waals surface area contributed by atoms with Crippen LogP contribution in [0.1, 0.15) is 101 Å². The smallest absolute Gasteiger partial charge is 0.394 e. The van der Waals surface area contributed by atoms with Crippen molar-refractivity contribution in [2.75, 3.05) is 11.5 Å². The van der Waals surface area contributed by atoms with E-state index >= 15 is 0 Å². The van der Waals surface area contributed by atoms with Crippen LogP contribution in [0, 0.1) is 0 Å². The Bertz CT molecular complexity index is 882. The molecule has 0 bridgehead atoms. The molecular formula is C24H40N2O6S. The number of aromatic hydroxyl groups is 2. The second-order valence-corrected chi connectivity index (χ2v) is 10.1. The van der Waals surface area contributed by atoms with Crippen LogP contribution < -0.4 is 11.5 Å². The highest BCUT2D eigenvalue weighted by Crippen LogP contribution is 2.36. The van der Waals surface area contributed by atoms with Gasteiger partial charge in [0.05, 0.1) is 0 Å². The quantitative estimate of drug-likeness (QED) is 0.180. The predicted octanol–water partition coefficient (Wildman–Crippen LogP) is 5.79. The largest absolute Gasteiger partial charge is 0.507 e. The Morgan fingerprint density at radius 3 is 0.848 bits per heavy atom. The molecule has 9 heteroatoms. The minimum atomic E-state index is -4.67. The monoisotopic (exact) mass is 484 g/mol. The molecule has 0 heterocycles. The van der Waals surface area contributed by atoms with Gasteiger partial charge in [-0.3, -0.25) is 9.11 Å². The van der Waals surface area contributed by atoms with Gasteiger partial charge >= 0.3 is 10.4 Å². The Kier molecular flexibility index (Phi) is 11.7. The van der Waals surface area contributed by atoms with E-state index in [-0.39, 0.29) is 0 Å². The lowest BCUT2D eigenvalue weighted by Gasteiger charge is -2.15. The summed E-state index contributed by atoms with van der Waals surface area (Å²) in [5, 5.41) is 20.0. The van der Waals surface area contributed by atoms with E-state index in [4.69, 9.17) is 29.0 Å². The molecule has 0 aliphatic heterocycles. The molecule has 0 radical (unpaired) electrons. The summed E-state index contributed by atoms with van der Waals surface area (Å²) in [4.78, 5) is 0. The van der Waals surface area contributed by atoms with Crippen LogP contribution >= 0.6 is 0 Å². The Hall–Kier alpha value is -2.49. The van der Waals surface area contributed by atoms with Crippen molar-refractivity contribution in [2.45, 2.75) is 79.1 Å². The molecule has 188 valence electrons. The van der Waals surface area contributed by atoms with Gasteiger partial charge in [-0.15, -0.1) is 0 Å². The lowest BCUT2D eigenvalue weighted by molar-refractivity contribution is 0.381. The number of rotatable bonds is 4. The summed E-state index contributed by atoms with van der Waals surface area (Å²) < 4.78 is 31.6. The van der Waals surface area contributed by atoms with Gasteiger partial charge in [0, 0.05) is 11.4 Å². The SMILES string of the molecule is CC(C)c1cc(N)cc(C(C)C)c1O.CC(C)c1cc(N)cc(C(C)C)c1O.O=S(=O)(O)O. The molecule has 2 aromatic rings. The summed E-state index contributed by atoms with van der Waals surface area (Å²) in [5.41, 5.74) is 16.8. The van der Waals surface area contributed by atoms with Gasteiger partial charge in [-0.25, -0.2) is 0 Å². The summed E-state index contributed by atoms with van der Waals surface area (Å²) in [6.45, 7) is 16.4. The first-order valence-corrected chi connectivity index (χ1v) is 12.2. The summed E-state index contributed by atoms with van der Waals surface area (Å²) >= 11 is 0. The van der Waals surface area contributed by atoms with Crippen LogP contribution in [0.3, 0.4) is 0 Å². The summed E-state index contributed by atoms with van der Waals surface area (Å²) in [6.07, 6.45) is 0. The highest BCUT2D eigenvalue weighted by molar-refractivity contribution is 7.79. The number of hydrogen-bond acceptors (Lipinski definition) is 6. The lowest BCUT2D eigenvalue weighted by atomic mass is 9.93. The fourth-order valence-electron chi connectivity index (χ4n) is 3.17. The number of nitrogens with two attached hydrogens (primary N) is 2. The van der Waals surface area contributed by atoms with E-state index in [9.17, 15) is 10.2 Å². The van der Waals surface area contributed by atoms with E-state index in [0.717, 1.165) is 33.6 Å². The Morgan fingerprint density at radius 2 is 0.727 bits per heavy atom. The third kappa shape index (κ3) is 10.8. The molecule has 0 aliphatic rings. The van der Waals surface area contributed by atoms with Crippen molar-refractivity contribution >= 4 is 21.8 Å². The molecule has 8 N–H and O–H groups in total. The molecule has 2 aromatic carbocycles. The number of phenols is 2. The first-order valence-electron chi connectivity index (χ1n) is 10.8. The first kappa shape index (κ1) is 30.5. The van der Waals surface area contributed by atoms with Gasteiger partial charge < -0.3 is 21.7 Å². The van der Waals surface area contributed by atoms with Gasteiger partial charge in [0.2, 0.25) is 0 Å². The van der Waals surface area contributed by atoms with Crippen molar-refractivity contribution in [3.05, 3.63) is 46.5 Å². The molecule has 0 spiro atoms. The van der Waals surface area contributed by atoms with E-state index in [2.05, 4.69) is 55.4 Å². The van der Waals surface area contributed by atoms with Crippen LogP contribution in [0.25, 0.3) is 0 Å². The summed E-state index contributed by atoms with van der Waals surface area (Å²) in [5.74, 6) is 2.02. The van der Waals surface area contributed by atoms with Gasteiger partial charge in [0.1, 0.15) is 11.5 Å². The van der Waals surface area contributed by atoms with E-state index in [0.29, 0.717) is 35.2 Å². The third-order valence-corrected chi connectivity index (χ3v) is 4.87. The maximum absolute atomic E-state index is 10.00. The molecule has 0 saturated carbocycles.